The maximum Gasteiger partial charge on any atom is 0.251 e. The molecule has 1 unspecified atom stereocenters. The zero-order valence-corrected chi connectivity index (χ0v) is 13.4. The minimum atomic E-state index is -0.435. The Kier molecular flexibility index (Phi) is 5.53. The fourth-order valence-corrected chi connectivity index (χ4v) is 2.50. The first-order valence-electron chi connectivity index (χ1n) is 6.84. The smallest absolute Gasteiger partial charge is 0.251 e. The molecule has 23 heavy (non-hydrogen) atoms. The number of nitrogens with zero attached hydrogens (tertiary/aromatic N) is 1. The van der Waals surface area contributed by atoms with Gasteiger partial charge in [0.2, 0.25) is 11.8 Å². The number of aromatic nitrogens is 2. The lowest BCUT2D eigenvalue weighted by atomic mass is 10.2. The minimum absolute atomic E-state index is 0.156. The third-order valence-corrected chi connectivity index (χ3v) is 3.78. The number of rotatable bonds is 5. The quantitative estimate of drug-likeness (QED) is 0.572. The van der Waals surface area contributed by atoms with Crippen LogP contribution < -0.4 is 16.2 Å². The van der Waals surface area contributed by atoms with E-state index in [1.807, 2.05) is 0 Å². The lowest BCUT2D eigenvalue weighted by Gasteiger charge is -2.11. The second-order valence-electron chi connectivity index (χ2n) is 4.75. The van der Waals surface area contributed by atoms with Crippen LogP contribution in [-0.2, 0) is 9.59 Å². The molecular weight excluding hydrogens is 316 g/mol. The van der Waals surface area contributed by atoms with E-state index < -0.39 is 5.25 Å². The van der Waals surface area contributed by atoms with Gasteiger partial charge in [-0.05, 0) is 31.2 Å². The fourth-order valence-electron chi connectivity index (χ4n) is 1.72. The number of thioether (sulfide) groups is 1. The molecule has 0 bridgehead atoms. The molecule has 1 aromatic carbocycles. The number of nitrogens with one attached hydrogen (secondary N) is 3. The van der Waals surface area contributed by atoms with Crippen molar-refractivity contribution < 1.29 is 9.59 Å². The van der Waals surface area contributed by atoms with Crippen LogP contribution >= 0.6 is 11.8 Å². The molecule has 1 aromatic heterocycles. The summed E-state index contributed by atoms with van der Waals surface area (Å²) in [5.41, 5.74) is 1.01. The zero-order chi connectivity index (χ0) is 16.8. The Balaban J connectivity index is 1.95. The van der Waals surface area contributed by atoms with E-state index in [-0.39, 0.29) is 17.4 Å². The molecular formula is C15H16N4O3S. The van der Waals surface area contributed by atoms with Crippen LogP contribution in [0.4, 0.5) is 11.4 Å². The number of hydrogen-bond acceptors (Lipinski definition) is 5. The van der Waals surface area contributed by atoms with E-state index in [4.69, 9.17) is 0 Å². The molecule has 0 aliphatic rings. The molecule has 1 atom stereocenters. The van der Waals surface area contributed by atoms with Crippen molar-refractivity contribution in [2.24, 2.45) is 0 Å². The molecule has 0 saturated heterocycles. The topological polar surface area (TPSA) is 104 Å². The predicted octanol–water partition coefficient (Wildman–Crippen LogP) is 1.85. The molecule has 0 fully saturated rings. The maximum atomic E-state index is 12.1. The molecule has 2 rings (SSSR count). The first-order valence-corrected chi connectivity index (χ1v) is 7.72. The summed E-state index contributed by atoms with van der Waals surface area (Å²) >= 11 is 1.16. The van der Waals surface area contributed by atoms with Gasteiger partial charge in [0.25, 0.3) is 5.56 Å². The molecule has 0 radical (unpaired) electrons. The Morgan fingerprint density at radius 2 is 1.74 bits per heavy atom. The summed E-state index contributed by atoms with van der Waals surface area (Å²) in [5, 5.41) is 5.37. The number of H-pyrrole nitrogens is 1. The monoisotopic (exact) mass is 332 g/mol. The van der Waals surface area contributed by atoms with Gasteiger partial charge in [-0.1, -0.05) is 11.8 Å². The van der Waals surface area contributed by atoms with Crippen molar-refractivity contribution in [2.75, 3.05) is 10.6 Å². The van der Waals surface area contributed by atoms with E-state index in [0.29, 0.717) is 16.5 Å². The molecule has 120 valence electrons. The third kappa shape index (κ3) is 5.26. The molecule has 2 aromatic rings. The largest absolute Gasteiger partial charge is 0.326 e. The summed E-state index contributed by atoms with van der Waals surface area (Å²) in [6.07, 6.45) is 1.40. The number of aromatic amines is 1. The molecule has 0 spiro atoms. The van der Waals surface area contributed by atoms with Crippen LogP contribution in [0.3, 0.4) is 0 Å². The van der Waals surface area contributed by atoms with Gasteiger partial charge in [0, 0.05) is 30.6 Å². The highest BCUT2D eigenvalue weighted by atomic mass is 32.2. The van der Waals surface area contributed by atoms with Crippen LogP contribution in [0.25, 0.3) is 0 Å². The highest BCUT2D eigenvalue weighted by Crippen LogP contribution is 2.20. The number of hydrogen-bond donors (Lipinski definition) is 3. The van der Waals surface area contributed by atoms with Gasteiger partial charge in [-0.2, -0.15) is 0 Å². The average Bonchev–Trinajstić information content (AvgIpc) is 2.48. The first-order chi connectivity index (χ1) is 10.9. The van der Waals surface area contributed by atoms with E-state index in [2.05, 4.69) is 20.6 Å². The van der Waals surface area contributed by atoms with Crippen molar-refractivity contribution in [3.05, 3.63) is 46.9 Å². The zero-order valence-electron chi connectivity index (χ0n) is 12.6. The first kappa shape index (κ1) is 16.8. The number of anilines is 2. The summed E-state index contributed by atoms with van der Waals surface area (Å²) < 4.78 is 0. The van der Waals surface area contributed by atoms with Gasteiger partial charge in [0.05, 0.1) is 5.25 Å². The normalized spacial score (nSPS) is 11.6. The summed E-state index contributed by atoms with van der Waals surface area (Å²) in [6, 6.07) is 8.11. The van der Waals surface area contributed by atoms with E-state index in [1.54, 1.807) is 31.2 Å². The molecule has 1 heterocycles. The second-order valence-corrected chi connectivity index (χ2v) is 6.08. The van der Waals surface area contributed by atoms with Crippen LogP contribution in [-0.4, -0.2) is 27.0 Å². The summed E-state index contributed by atoms with van der Waals surface area (Å²) in [7, 11) is 0. The van der Waals surface area contributed by atoms with Gasteiger partial charge in [-0.3, -0.25) is 14.4 Å². The molecule has 2 amide bonds. The van der Waals surface area contributed by atoms with Crippen LogP contribution in [0.5, 0.6) is 0 Å². The Labute approximate surface area is 136 Å². The van der Waals surface area contributed by atoms with Crippen molar-refractivity contribution in [1.82, 2.24) is 9.97 Å². The van der Waals surface area contributed by atoms with Crippen molar-refractivity contribution in [2.45, 2.75) is 24.3 Å². The Morgan fingerprint density at radius 3 is 2.30 bits per heavy atom. The minimum Gasteiger partial charge on any atom is -0.326 e. The molecule has 3 N–H and O–H groups in total. The highest BCUT2D eigenvalue weighted by molar-refractivity contribution is 8.00. The van der Waals surface area contributed by atoms with Gasteiger partial charge in [-0.15, -0.1) is 0 Å². The van der Waals surface area contributed by atoms with Crippen LogP contribution in [0, 0.1) is 0 Å². The van der Waals surface area contributed by atoms with Crippen LogP contribution in [0.1, 0.15) is 13.8 Å². The molecule has 8 heteroatoms. The average molecular weight is 332 g/mol. The maximum absolute atomic E-state index is 12.1. The third-order valence-electron chi connectivity index (χ3n) is 2.78. The lowest BCUT2D eigenvalue weighted by molar-refractivity contribution is -0.115. The van der Waals surface area contributed by atoms with Gasteiger partial charge in [-0.25, -0.2) is 4.98 Å². The molecule has 0 aliphatic carbocycles. The van der Waals surface area contributed by atoms with Gasteiger partial charge < -0.3 is 15.6 Å². The van der Waals surface area contributed by atoms with Gasteiger partial charge in [0.1, 0.15) is 0 Å². The molecule has 0 aliphatic heterocycles. The molecule has 0 saturated carbocycles. The Morgan fingerprint density at radius 1 is 1.13 bits per heavy atom. The number of benzene rings is 1. The van der Waals surface area contributed by atoms with Crippen molar-refractivity contribution in [3.8, 4) is 0 Å². The van der Waals surface area contributed by atoms with Gasteiger partial charge in [0.15, 0.2) is 5.16 Å². The number of carbonyl (C=O) groups is 2. The van der Waals surface area contributed by atoms with Crippen molar-refractivity contribution >= 4 is 35.0 Å². The Bertz CT molecular complexity index is 758. The number of carbonyl (C=O) groups excluding carboxylic acids is 2. The standard InChI is InChI=1S/C15H16N4O3S/c1-9(23-15-16-8-7-13(21)19-15)14(22)18-12-5-3-11(4-6-12)17-10(2)20/h3-9H,1-2H3,(H,17,20)(H,18,22)(H,16,19,21). The Hall–Kier alpha value is -2.61. The van der Waals surface area contributed by atoms with E-state index in [9.17, 15) is 14.4 Å². The predicted molar refractivity (Wildman–Crippen MR) is 89.6 cm³/mol. The van der Waals surface area contributed by atoms with Crippen molar-refractivity contribution in [1.29, 1.82) is 0 Å². The number of amides is 2. The summed E-state index contributed by atoms with van der Waals surface area (Å²) in [6.45, 7) is 3.15. The fraction of sp³-hybridized carbons (Fsp3) is 0.200. The van der Waals surface area contributed by atoms with Gasteiger partial charge >= 0.3 is 0 Å². The highest BCUT2D eigenvalue weighted by Gasteiger charge is 2.15. The summed E-state index contributed by atoms with van der Waals surface area (Å²) in [4.78, 5) is 40.8. The second kappa shape index (κ2) is 7.59. The van der Waals surface area contributed by atoms with Crippen LogP contribution in [0.2, 0.25) is 0 Å². The van der Waals surface area contributed by atoms with Crippen LogP contribution in [0.15, 0.2) is 46.5 Å². The van der Waals surface area contributed by atoms with Crippen molar-refractivity contribution in [3.63, 3.8) is 0 Å². The summed E-state index contributed by atoms with van der Waals surface area (Å²) in [5.74, 6) is -0.370. The van der Waals surface area contributed by atoms with E-state index in [0.717, 1.165) is 11.8 Å². The lowest BCUT2D eigenvalue weighted by Crippen LogP contribution is -2.23. The SMILES string of the molecule is CC(=O)Nc1ccc(NC(=O)C(C)Sc2nccc(=O)[nH]2)cc1. The van der Waals surface area contributed by atoms with E-state index >= 15 is 0 Å². The molecule has 7 nitrogen and oxygen atoms in total. The van der Waals surface area contributed by atoms with E-state index in [1.165, 1.54) is 19.2 Å².